The fraction of sp³-hybridized carbons (Fsp3) is 0.412. The molecular formula is C17H21N3O5. The lowest BCUT2D eigenvalue weighted by Crippen LogP contribution is -2.62. The molecule has 2 aromatic heterocycles. The molecule has 0 unspecified atom stereocenters. The molecular weight excluding hydrogens is 326 g/mol. The molecule has 8 heteroatoms. The molecule has 134 valence electrons. The van der Waals surface area contributed by atoms with Crippen LogP contribution in [-0.4, -0.2) is 46.6 Å². The Labute approximate surface area is 144 Å². The molecule has 0 fully saturated rings. The van der Waals surface area contributed by atoms with E-state index in [1.165, 1.54) is 6.92 Å². The molecule has 0 radical (unpaired) electrons. The van der Waals surface area contributed by atoms with Gasteiger partial charge in [0.15, 0.2) is 0 Å². The van der Waals surface area contributed by atoms with Crippen LogP contribution in [0.15, 0.2) is 24.5 Å². The molecule has 0 spiro atoms. The first-order chi connectivity index (χ1) is 11.9. The van der Waals surface area contributed by atoms with Crippen molar-refractivity contribution in [2.24, 2.45) is 0 Å². The number of hydrogen-bond donors (Lipinski definition) is 2. The number of rotatable bonds is 7. The van der Waals surface area contributed by atoms with Crippen molar-refractivity contribution >= 4 is 28.9 Å². The van der Waals surface area contributed by atoms with Gasteiger partial charge in [0.2, 0.25) is 11.4 Å². The van der Waals surface area contributed by atoms with Gasteiger partial charge in [-0.1, -0.05) is 0 Å². The fourth-order valence-electron chi connectivity index (χ4n) is 2.63. The van der Waals surface area contributed by atoms with Gasteiger partial charge >= 0.3 is 11.9 Å². The highest BCUT2D eigenvalue weighted by molar-refractivity contribution is 6.08. The van der Waals surface area contributed by atoms with Crippen molar-refractivity contribution in [1.29, 1.82) is 0 Å². The van der Waals surface area contributed by atoms with E-state index in [-0.39, 0.29) is 19.6 Å². The predicted molar refractivity (Wildman–Crippen MR) is 89.6 cm³/mol. The number of ether oxygens (including phenoxy) is 2. The Morgan fingerprint density at radius 1 is 1.20 bits per heavy atom. The first-order valence-corrected chi connectivity index (χ1v) is 7.98. The summed E-state index contributed by atoms with van der Waals surface area (Å²) in [6.45, 7) is 4.60. The third kappa shape index (κ3) is 3.78. The lowest BCUT2D eigenvalue weighted by Gasteiger charge is -2.29. The number of esters is 2. The Hall–Kier alpha value is -2.90. The quantitative estimate of drug-likeness (QED) is 0.573. The van der Waals surface area contributed by atoms with Crippen molar-refractivity contribution in [3.63, 3.8) is 0 Å². The molecule has 2 rings (SSSR count). The number of carbonyl (C=O) groups is 3. The molecule has 0 aromatic carbocycles. The van der Waals surface area contributed by atoms with Crippen LogP contribution >= 0.6 is 0 Å². The lowest BCUT2D eigenvalue weighted by atomic mass is 9.90. The summed E-state index contributed by atoms with van der Waals surface area (Å²) >= 11 is 0. The summed E-state index contributed by atoms with van der Waals surface area (Å²) in [7, 11) is 0. The predicted octanol–water partition coefficient (Wildman–Crippen LogP) is 1.11. The highest BCUT2D eigenvalue weighted by Crippen LogP contribution is 2.24. The van der Waals surface area contributed by atoms with Crippen LogP contribution in [0.2, 0.25) is 0 Å². The number of aromatic nitrogens is 2. The van der Waals surface area contributed by atoms with E-state index in [9.17, 15) is 14.4 Å². The van der Waals surface area contributed by atoms with Crippen molar-refractivity contribution in [3.05, 3.63) is 30.1 Å². The van der Waals surface area contributed by atoms with Crippen LogP contribution in [0.3, 0.4) is 0 Å². The Morgan fingerprint density at radius 2 is 1.84 bits per heavy atom. The molecule has 2 heterocycles. The molecule has 0 saturated carbocycles. The molecule has 0 bridgehead atoms. The van der Waals surface area contributed by atoms with Gasteiger partial charge in [0.25, 0.3) is 0 Å². The van der Waals surface area contributed by atoms with Gasteiger partial charge < -0.3 is 19.8 Å². The van der Waals surface area contributed by atoms with E-state index < -0.39 is 23.4 Å². The second-order valence-electron chi connectivity index (χ2n) is 5.42. The fourth-order valence-corrected chi connectivity index (χ4v) is 2.63. The topological polar surface area (TPSA) is 110 Å². The van der Waals surface area contributed by atoms with E-state index in [4.69, 9.17) is 9.47 Å². The Balaban J connectivity index is 2.52. The first-order valence-electron chi connectivity index (χ1n) is 7.98. The number of fused-ring (bicyclic) bond motifs is 1. The third-order valence-electron chi connectivity index (χ3n) is 3.63. The Morgan fingerprint density at radius 3 is 2.40 bits per heavy atom. The van der Waals surface area contributed by atoms with E-state index >= 15 is 0 Å². The third-order valence-corrected chi connectivity index (χ3v) is 3.63. The van der Waals surface area contributed by atoms with Crippen LogP contribution < -0.4 is 5.32 Å². The van der Waals surface area contributed by atoms with Crippen molar-refractivity contribution in [3.8, 4) is 0 Å². The lowest BCUT2D eigenvalue weighted by molar-refractivity contribution is -0.167. The van der Waals surface area contributed by atoms with E-state index in [0.29, 0.717) is 11.2 Å². The van der Waals surface area contributed by atoms with Crippen molar-refractivity contribution in [2.75, 3.05) is 13.2 Å². The second kappa shape index (κ2) is 7.78. The molecule has 8 nitrogen and oxygen atoms in total. The minimum atomic E-state index is -1.96. The monoisotopic (exact) mass is 347 g/mol. The van der Waals surface area contributed by atoms with Crippen LogP contribution in [0.5, 0.6) is 0 Å². The van der Waals surface area contributed by atoms with Crippen LogP contribution in [0.1, 0.15) is 26.3 Å². The molecule has 2 N–H and O–H groups in total. The molecule has 2 aromatic rings. The molecule has 25 heavy (non-hydrogen) atoms. The number of amides is 1. The van der Waals surface area contributed by atoms with E-state index in [0.717, 1.165) is 5.39 Å². The molecule has 0 saturated heterocycles. The number of nitrogens with one attached hydrogen (secondary N) is 2. The number of aromatic amines is 1. The smallest absolute Gasteiger partial charge is 0.344 e. The summed E-state index contributed by atoms with van der Waals surface area (Å²) in [4.78, 5) is 44.1. The van der Waals surface area contributed by atoms with Gasteiger partial charge in [-0.3, -0.25) is 4.79 Å². The summed E-state index contributed by atoms with van der Waals surface area (Å²) in [5.74, 6) is -2.26. The van der Waals surface area contributed by atoms with Crippen LogP contribution in [0.25, 0.3) is 11.0 Å². The van der Waals surface area contributed by atoms with E-state index in [1.54, 1.807) is 32.3 Å². The summed E-state index contributed by atoms with van der Waals surface area (Å²) in [5.41, 5.74) is -0.706. The molecule has 0 aliphatic carbocycles. The Kier molecular flexibility index (Phi) is 5.74. The van der Waals surface area contributed by atoms with Gasteiger partial charge in [0, 0.05) is 31.1 Å². The summed E-state index contributed by atoms with van der Waals surface area (Å²) in [5, 5.41) is 3.18. The average Bonchev–Trinajstić information content (AvgIpc) is 2.97. The zero-order valence-corrected chi connectivity index (χ0v) is 14.4. The van der Waals surface area contributed by atoms with Gasteiger partial charge in [0.1, 0.15) is 5.65 Å². The Bertz CT molecular complexity index is 765. The number of carbonyl (C=O) groups excluding carboxylic acids is 3. The van der Waals surface area contributed by atoms with E-state index in [2.05, 4.69) is 15.3 Å². The van der Waals surface area contributed by atoms with Crippen molar-refractivity contribution in [1.82, 2.24) is 15.3 Å². The largest absolute Gasteiger partial charge is 0.464 e. The summed E-state index contributed by atoms with van der Waals surface area (Å²) in [6, 6.07) is 3.55. The first kappa shape index (κ1) is 18.4. The number of hydrogen-bond acceptors (Lipinski definition) is 6. The summed E-state index contributed by atoms with van der Waals surface area (Å²) in [6.07, 6.45) is 3.16. The standard InChI is InChI=1S/C17H21N3O5/c1-4-24-15(22)17(20-11(3)21,16(23)25-5-2)9-12-10-19-14-13(12)7-6-8-18-14/h6-8,10H,4-5,9H2,1-3H3,(H,18,19)(H,20,21). The van der Waals surface area contributed by atoms with Crippen molar-refractivity contribution < 1.29 is 23.9 Å². The molecule has 0 atom stereocenters. The number of H-pyrrole nitrogens is 1. The number of nitrogens with zero attached hydrogens (tertiary/aromatic N) is 1. The maximum absolute atomic E-state index is 12.6. The minimum Gasteiger partial charge on any atom is -0.464 e. The maximum atomic E-state index is 12.6. The zero-order valence-electron chi connectivity index (χ0n) is 14.4. The molecule has 0 aliphatic rings. The van der Waals surface area contributed by atoms with Gasteiger partial charge in [0.05, 0.1) is 13.2 Å². The van der Waals surface area contributed by atoms with Crippen molar-refractivity contribution in [2.45, 2.75) is 32.7 Å². The van der Waals surface area contributed by atoms with Gasteiger partial charge in [-0.2, -0.15) is 0 Å². The number of pyridine rings is 1. The average molecular weight is 347 g/mol. The minimum absolute atomic E-state index is 0.0645. The SMILES string of the molecule is CCOC(=O)C(Cc1c[nH]c2ncccc12)(NC(C)=O)C(=O)OCC. The normalized spacial score (nSPS) is 11.2. The summed E-state index contributed by atoms with van der Waals surface area (Å²) < 4.78 is 10.1. The van der Waals surface area contributed by atoms with Crippen LogP contribution in [-0.2, 0) is 30.3 Å². The van der Waals surface area contributed by atoms with Gasteiger partial charge in [-0.15, -0.1) is 0 Å². The second-order valence-corrected chi connectivity index (χ2v) is 5.42. The molecule has 0 aliphatic heterocycles. The van der Waals surface area contributed by atoms with Gasteiger partial charge in [-0.25, -0.2) is 14.6 Å². The van der Waals surface area contributed by atoms with Gasteiger partial charge in [-0.05, 0) is 31.5 Å². The van der Waals surface area contributed by atoms with Crippen LogP contribution in [0.4, 0.5) is 0 Å². The maximum Gasteiger partial charge on any atom is 0.344 e. The highest BCUT2D eigenvalue weighted by atomic mass is 16.6. The van der Waals surface area contributed by atoms with E-state index in [1.807, 2.05) is 6.07 Å². The highest BCUT2D eigenvalue weighted by Gasteiger charge is 2.50. The zero-order chi connectivity index (χ0) is 18.4. The van der Waals surface area contributed by atoms with Crippen LogP contribution in [0, 0.1) is 0 Å². The molecule has 1 amide bonds.